The fourth-order valence-electron chi connectivity index (χ4n) is 4.00. The van der Waals surface area contributed by atoms with Gasteiger partial charge < -0.3 is 9.88 Å². The number of fused-ring (bicyclic) bond motifs is 2. The fraction of sp³-hybridized carbons (Fsp3) is 0.111. The highest BCUT2D eigenvalue weighted by molar-refractivity contribution is 6.31. The molecule has 0 fully saturated rings. The number of halogens is 1. The first-order chi connectivity index (χ1) is 16.9. The topological polar surface area (TPSA) is 92.2 Å². The van der Waals surface area contributed by atoms with Crippen molar-refractivity contribution in [3.63, 3.8) is 0 Å². The molecule has 0 aliphatic carbocycles. The number of carbonyl (C=O) groups is 1. The van der Waals surface area contributed by atoms with Gasteiger partial charge in [-0.15, -0.1) is 0 Å². The third-order valence-corrected chi connectivity index (χ3v) is 6.29. The molecule has 35 heavy (non-hydrogen) atoms. The van der Waals surface area contributed by atoms with E-state index >= 15 is 0 Å². The lowest BCUT2D eigenvalue weighted by atomic mass is 10.1. The highest BCUT2D eigenvalue weighted by Gasteiger charge is 2.18. The lowest BCUT2D eigenvalue weighted by Gasteiger charge is -2.15. The maximum atomic E-state index is 13.3. The number of benzene rings is 2. The van der Waals surface area contributed by atoms with Crippen molar-refractivity contribution >= 4 is 34.2 Å². The van der Waals surface area contributed by atoms with E-state index in [1.54, 1.807) is 35.0 Å². The van der Waals surface area contributed by atoms with Crippen molar-refractivity contribution in [2.24, 2.45) is 0 Å². The van der Waals surface area contributed by atoms with Crippen LogP contribution in [0.25, 0.3) is 16.7 Å². The molecule has 1 amide bonds. The molecule has 0 unspecified atom stereocenters. The molecule has 8 heteroatoms. The number of aryl methyl sites for hydroxylation is 1. The Morgan fingerprint density at radius 1 is 1.06 bits per heavy atom. The van der Waals surface area contributed by atoms with Gasteiger partial charge in [0.25, 0.3) is 11.5 Å². The van der Waals surface area contributed by atoms with Crippen LogP contribution in [-0.2, 0) is 13.1 Å². The minimum absolute atomic E-state index is 0.0260. The first kappa shape index (κ1) is 22.6. The van der Waals surface area contributed by atoms with Gasteiger partial charge in [-0.25, -0.2) is 4.98 Å². The van der Waals surface area contributed by atoms with Crippen LogP contribution in [0.3, 0.4) is 0 Å². The Hall–Kier alpha value is -4.23. The van der Waals surface area contributed by atoms with E-state index in [9.17, 15) is 9.59 Å². The summed E-state index contributed by atoms with van der Waals surface area (Å²) in [6.45, 7) is 2.49. The van der Waals surface area contributed by atoms with Crippen LogP contribution in [0.15, 0.2) is 83.8 Å². The summed E-state index contributed by atoms with van der Waals surface area (Å²) < 4.78 is 3.05. The second-order valence-electron chi connectivity index (χ2n) is 8.34. The molecule has 7 nitrogen and oxygen atoms in total. The molecule has 5 aromatic rings. The molecule has 2 N–H and O–H groups in total. The number of pyridine rings is 2. The van der Waals surface area contributed by atoms with Gasteiger partial charge >= 0.3 is 0 Å². The molecule has 0 bridgehead atoms. The predicted octanol–water partition coefficient (Wildman–Crippen LogP) is 4.07. The minimum Gasteiger partial charge on any atom is -0.348 e. The Bertz CT molecular complexity index is 1700. The Labute approximate surface area is 205 Å². The molecule has 0 radical (unpaired) electrons. The van der Waals surface area contributed by atoms with Gasteiger partial charge in [0, 0.05) is 17.8 Å². The zero-order valence-corrected chi connectivity index (χ0v) is 19.7. The molecule has 0 spiro atoms. The number of aromatic nitrogens is 3. The number of rotatable bonds is 5. The second kappa shape index (κ2) is 9.19. The van der Waals surface area contributed by atoms with Gasteiger partial charge in [0.15, 0.2) is 0 Å². The molecule has 0 saturated heterocycles. The van der Waals surface area contributed by atoms with E-state index in [-0.39, 0.29) is 35.1 Å². The van der Waals surface area contributed by atoms with Gasteiger partial charge in [0.1, 0.15) is 16.8 Å². The molecule has 0 atom stereocenters. The summed E-state index contributed by atoms with van der Waals surface area (Å²) in [5.41, 5.74) is 3.39. The monoisotopic (exact) mass is 483 g/mol. The summed E-state index contributed by atoms with van der Waals surface area (Å²) in [6, 6.07) is 21.9. The van der Waals surface area contributed by atoms with Crippen LogP contribution >= 0.6 is 11.6 Å². The fourth-order valence-corrected chi connectivity index (χ4v) is 4.21. The summed E-state index contributed by atoms with van der Waals surface area (Å²) in [6.07, 6.45) is 1.64. The molecule has 0 saturated carbocycles. The maximum Gasteiger partial charge on any atom is 0.267 e. The molecule has 2 aromatic carbocycles. The Morgan fingerprint density at radius 3 is 2.57 bits per heavy atom. The third-order valence-electron chi connectivity index (χ3n) is 5.92. The summed E-state index contributed by atoms with van der Waals surface area (Å²) in [7, 11) is 0. The van der Waals surface area contributed by atoms with Crippen molar-refractivity contribution in [3.05, 3.63) is 122 Å². The zero-order valence-electron chi connectivity index (χ0n) is 19.0. The van der Waals surface area contributed by atoms with Crippen LogP contribution < -0.4 is 16.4 Å². The average molecular weight is 484 g/mol. The SMILES string of the molecule is Cc1ccc(Cn2c(=N)c(C(=O)NCc3ccccc3Cl)cc3c(=O)n4ccccc4nc32)cc1. The Kier molecular flexibility index (Phi) is 5.93. The van der Waals surface area contributed by atoms with Gasteiger partial charge in [-0.3, -0.25) is 19.4 Å². The average Bonchev–Trinajstić information content (AvgIpc) is 2.86. The number of carbonyl (C=O) groups excluding carboxylic acids is 1. The number of amides is 1. The number of hydrogen-bond acceptors (Lipinski definition) is 4. The molecule has 0 aliphatic rings. The molecule has 3 aromatic heterocycles. The summed E-state index contributed by atoms with van der Waals surface area (Å²) in [5.74, 6) is -0.466. The standard InChI is InChI=1S/C27H22ClN5O2/c1-17-9-11-18(12-10-17)16-33-24(29)20(26(34)30-15-19-6-2-3-7-22(19)28)14-21-25(33)31-23-8-4-5-13-32(23)27(21)35/h2-14,29H,15-16H2,1H3,(H,30,34). The van der Waals surface area contributed by atoms with Crippen LogP contribution in [-0.4, -0.2) is 19.9 Å². The lowest BCUT2D eigenvalue weighted by Crippen LogP contribution is -2.35. The first-order valence-electron chi connectivity index (χ1n) is 11.1. The van der Waals surface area contributed by atoms with Crippen LogP contribution in [0, 0.1) is 12.3 Å². The van der Waals surface area contributed by atoms with Crippen molar-refractivity contribution in [2.45, 2.75) is 20.0 Å². The van der Waals surface area contributed by atoms with E-state index in [4.69, 9.17) is 17.0 Å². The molecule has 174 valence electrons. The highest BCUT2D eigenvalue weighted by atomic mass is 35.5. The van der Waals surface area contributed by atoms with E-state index in [1.165, 1.54) is 10.5 Å². The van der Waals surface area contributed by atoms with Crippen molar-refractivity contribution in [1.29, 1.82) is 5.41 Å². The van der Waals surface area contributed by atoms with E-state index in [0.717, 1.165) is 16.7 Å². The van der Waals surface area contributed by atoms with E-state index in [0.29, 0.717) is 16.3 Å². The minimum atomic E-state index is -0.466. The largest absolute Gasteiger partial charge is 0.348 e. The van der Waals surface area contributed by atoms with Crippen molar-refractivity contribution in [3.8, 4) is 0 Å². The molecule has 5 rings (SSSR count). The summed E-state index contributed by atoms with van der Waals surface area (Å²) >= 11 is 6.22. The van der Waals surface area contributed by atoms with E-state index in [2.05, 4.69) is 10.3 Å². The molecule has 0 aliphatic heterocycles. The second-order valence-corrected chi connectivity index (χ2v) is 8.74. The maximum absolute atomic E-state index is 13.3. The van der Waals surface area contributed by atoms with E-state index in [1.807, 2.05) is 49.4 Å². The van der Waals surface area contributed by atoms with Crippen LogP contribution in [0.1, 0.15) is 27.0 Å². The first-order valence-corrected chi connectivity index (χ1v) is 11.5. The van der Waals surface area contributed by atoms with Crippen LogP contribution in [0.2, 0.25) is 5.02 Å². The molecule has 3 heterocycles. The Balaban J connectivity index is 1.66. The number of nitrogens with one attached hydrogen (secondary N) is 2. The Morgan fingerprint density at radius 2 is 1.80 bits per heavy atom. The van der Waals surface area contributed by atoms with Gasteiger partial charge in [0.05, 0.1) is 17.5 Å². The van der Waals surface area contributed by atoms with Gasteiger partial charge in [-0.05, 0) is 42.3 Å². The lowest BCUT2D eigenvalue weighted by molar-refractivity contribution is 0.0948. The van der Waals surface area contributed by atoms with Gasteiger partial charge in [0.2, 0.25) is 0 Å². The number of hydrogen-bond donors (Lipinski definition) is 2. The third kappa shape index (κ3) is 4.34. The van der Waals surface area contributed by atoms with Crippen molar-refractivity contribution in [2.75, 3.05) is 0 Å². The summed E-state index contributed by atoms with van der Waals surface area (Å²) in [5, 5.41) is 12.5. The highest BCUT2D eigenvalue weighted by Crippen LogP contribution is 2.16. The van der Waals surface area contributed by atoms with Crippen LogP contribution in [0.5, 0.6) is 0 Å². The van der Waals surface area contributed by atoms with Crippen molar-refractivity contribution < 1.29 is 4.79 Å². The van der Waals surface area contributed by atoms with Gasteiger partial charge in [-0.1, -0.05) is 65.7 Å². The number of nitrogens with zero attached hydrogens (tertiary/aromatic N) is 3. The normalized spacial score (nSPS) is 11.1. The van der Waals surface area contributed by atoms with E-state index < -0.39 is 5.91 Å². The quantitative estimate of drug-likeness (QED) is 0.369. The smallest absolute Gasteiger partial charge is 0.267 e. The molecular weight excluding hydrogens is 462 g/mol. The summed E-state index contributed by atoms with van der Waals surface area (Å²) in [4.78, 5) is 31.2. The predicted molar refractivity (Wildman–Crippen MR) is 136 cm³/mol. The van der Waals surface area contributed by atoms with Crippen LogP contribution in [0.4, 0.5) is 0 Å². The molecular formula is C27H22ClN5O2. The zero-order chi connectivity index (χ0) is 24.5. The van der Waals surface area contributed by atoms with Gasteiger partial charge in [-0.2, -0.15) is 0 Å². The van der Waals surface area contributed by atoms with Crippen molar-refractivity contribution in [1.82, 2.24) is 19.3 Å².